The molecule has 126 valence electrons. The van der Waals surface area contributed by atoms with Crippen LogP contribution in [0.15, 0.2) is 33.2 Å². The minimum Gasteiger partial charge on any atom is -0.424 e. The third-order valence-electron chi connectivity index (χ3n) is 3.57. The molecular weight excluding hydrogens is 328 g/mol. The molecule has 0 aliphatic carbocycles. The second kappa shape index (κ2) is 7.04. The van der Waals surface area contributed by atoms with E-state index >= 15 is 0 Å². The van der Waals surface area contributed by atoms with Gasteiger partial charge < -0.3 is 8.94 Å². The molecule has 0 amide bonds. The highest BCUT2D eigenvalue weighted by Crippen LogP contribution is 2.22. The Morgan fingerprint density at radius 2 is 1.92 bits per heavy atom. The predicted octanol–water partition coefficient (Wildman–Crippen LogP) is 3.00. The Bertz CT molecular complexity index is 841. The first-order chi connectivity index (χ1) is 11.6. The highest BCUT2D eigenvalue weighted by atomic mass is 32.2. The third kappa shape index (κ3) is 3.59. The molecule has 0 aliphatic rings. The van der Waals surface area contributed by atoms with Crippen LogP contribution in [-0.4, -0.2) is 24.5 Å². The zero-order valence-corrected chi connectivity index (χ0v) is 14.5. The first kappa shape index (κ1) is 16.5. The van der Waals surface area contributed by atoms with Crippen molar-refractivity contribution in [2.75, 3.05) is 0 Å². The molecule has 3 aromatic rings. The fourth-order valence-corrected chi connectivity index (χ4v) is 3.00. The lowest BCUT2D eigenvalue weighted by Crippen LogP contribution is -2.06. The summed E-state index contributed by atoms with van der Waals surface area (Å²) in [6, 6.07) is 7.81. The highest BCUT2D eigenvalue weighted by Gasteiger charge is 2.22. The molecule has 0 saturated heterocycles. The third-order valence-corrected chi connectivity index (χ3v) is 5.09. The molecule has 0 aliphatic heterocycles. The van der Waals surface area contributed by atoms with Crippen molar-refractivity contribution in [3.8, 4) is 11.4 Å². The van der Waals surface area contributed by atoms with Gasteiger partial charge >= 0.3 is 0 Å². The van der Waals surface area contributed by atoms with Crippen LogP contribution >= 0.6 is 0 Å². The van der Waals surface area contributed by atoms with Gasteiger partial charge in [-0.3, -0.25) is 4.21 Å². The van der Waals surface area contributed by atoms with Crippen LogP contribution < -0.4 is 0 Å². The maximum absolute atomic E-state index is 12.5. The Morgan fingerprint density at radius 1 is 1.17 bits per heavy atom. The minimum absolute atomic E-state index is 0.143. The average molecular weight is 346 g/mol. The molecule has 0 unspecified atom stereocenters. The van der Waals surface area contributed by atoms with Crippen molar-refractivity contribution in [3.63, 3.8) is 0 Å². The van der Waals surface area contributed by atoms with Gasteiger partial charge in [0, 0.05) is 22.8 Å². The van der Waals surface area contributed by atoms with Crippen LogP contribution in [0.5, 0.6) is 0 Å². The Hall–Kier alpha value is -2.35. The Balaban J connectivity index is 1.69. The number of nitrogens with zero attached hydrogens (tertiary/aromatic N) is 4. The second-order valence-electron chi connectivity index (χ2n) is 5.43. The van der Waals surface area contributed by atoms with E-state index in [0.29, 0.717) is 29.9 Å². The van der Waals surface area contributed by atoms with Gasteiger partial charge in [-0.25, -0.2) is 0 Å². The van der Waals surface area contributed by atoms with Gasteiger partial charge in [-0.15, -0.1) is 10.2 Å². The first-order valence-electron chi connectivity index (χ1n) is 7.66. The van der Waals surface area contributed by atoms with Crippen LogP contribution in [0.2, 0.25) is 0 Å². The van der Waals surface area contributed by atoms with E-state index in [1.54, 1.807) is 6.92 Å². The van der Waals surface area contributed by atoms with Gasteiger partial charge in [0.1, 0.15) is 11.0 Å². The van der Waals surface area contributed by atoms with Crippen molar-refractivity contribution in [1.82, 2.24) is 20.3 Å². The average Bonchev–Trinajstić information content (AvgIpc) is 3.24. The highest BCUT2D eigenvalue weighted by molar-refractivity contribution is 7.84. The minimum atomic E-state index is -1.29. The van der Waals surface area contributed by atoms with Crippen molar-refractivity contribution in [3.05, 3.63) is 47.5 Å². The maximum Gasteiger partial charge on any atom is 0.239 e. The largest absolute Gasteiger partial charge is 0.424 e. The summed E-state index contributed by atoms with van der Waals surface area (Å²) in [5.41, 5.74) is 2.02. The summed E-state index contributed by atoms with van der Waals surface area (Å²) in [5.74, 6) is 1.85. The van der Waals surface area contributed by atoms with E-state index in [4.69, 9.17) is 8.94 Å². The van der Waals surface area contributed by atoms with E-state index in [-0.39, 0.29) is 5.75 Å². The molecule has 24 heavy (non-hydrogen) atoms. The summed E-state index contributed by atoms with van der Waals surface area (Å²) >= 11 is 0. The van der Waals surface area contributed by atoms with Gasteiger partial charge in [-0.1, -0.05) is 41.9 Å². The van der Waals surface area contributed by atoms with Crippen molar-refractivity contribution < 1.29 is 13.1 Å². The molecule has 0 saturated carbocycles. The van der Waals surface area contributed by atoms with Crippen molar-refractivity contribution in [1.29, 1.82) is 0 Å². The van der Waals surface area contributed by atoms with Crippen LogP contribution in [0, 0.1) is 6.92 Å². The molecule has 2 aromatic heterocycles. The fraction of sp³-hybridized carbons (Fsp3) is 0.375. The summed E-state index contributed by atoms with van der Waals surface area (Å²) in [5, 5.41) is 11.4. The van der Waals surface area contributed by atoms with E-state index in [2.05, 4.69) is 20.3 Å². The molecule has 3 rings (SSSR count). The zero-order valence-electron chi connectivity index (χ0n) is 13.7. The van der Waals surface area contributed by atoms with Crippen LogP contribution in [-0.2, 0) is 23.0 Å². The van der Waals surface area contributed by atoms with Crippen LogP contribution in [0.25, 0.3) is 11.4 Å². The van der Waals surface area contributed by atoms with Gasteiger partial charge in [0.05, 0.1) is 0 Å². The smallest absolute Gasteiger partial charge is 0.239 e. The monoisotopic (exact) mass is 346 g/mol. The van der Waals surface area contributed by atoms with E-state index in [1.807, 2.05) is 38.1 Å². The lowest BCUT2D eigenvalue weighted by Gasteiger charge is -2.04. The van der Waals surface area contributed by atoms with Crippen LogP contribution in [0.4, 0.5) is 0 Å². The molecule has 0 fully saturated rings. The predicted molar refractivity (Wildman–Crippen MR) is 88.4 cm³/mol. The summed E-state index contributed by atoms with van der Waals surface area (Å²) < 4.78 is 23.1. The van der Waals surface area contributed by atoms with Crippen molar-refractivity contribution >= 4 is 10.8 Å². The van der Waals surface area contributed by atoms with Crippen LogP contribution in [0.3, 0.4) is 0 Å². The Labute approximate surface area is 141 Å². The molecule has 8 heteroatoms. The molecule has 7 nitrogen and oxygen atoms in total. The van der Waals surface area contributed by atoms with Gasteiger partial charge in [-0.05, 0) is 13.8 Å². The number of hydrogen-bond acceptors (Lipinski definition) is 7. The lowest BCUT2D eigenvalue weighted by molar-refractivity contribution is 0.390. The Morgan fingerprint density at radius 3 is 2.58 bits per heavy atom. The SMILES string of the molecule is CCc1nnc([C@H](C)[S@](=O)Cc2nc(-c3ccc(C)cc3)no2)o1. The van der Waals surface area contributed by atoms with Crippen LogP contribution in [0.1, 0.15) is 42.3 Å². The molecule has 0 spiro atoms. The lowest BCUT2D eigenvalue weighted by atomic mass is 10.1. The summed E-state index contributed by atoms with van der Waals surface area (Å²) in [6.45, 7) is 5.71. The maximum atomic E-state index is 12.5. The molecule has 0 bridgehead atoms. The van der Waals surface area contributed by atoms with Gasteiger partial charge in [0.15, 0.2) is 0 Å². The normalized spacial score (nSPS) is 13.8. The number of aryl methyl sites for hydroxylation is 2. The summed E-state index contributed by atoms with van der Waals surface area (Å²) in [7, 11) is -1.29. The van der Waals surface area contributed by atoms with Gasteiger partial charge in [0.25, 0.3) is 0 Å². The topological polar surface area (TPSA) is 94.9 Å². The summed E-state index contributed by atoms with van der Waals surface area (Å²) in [6.07, 6.45) is 0.649. The second-order valence-corrected chi connectivity index (χ2v) is 7.19. The molecule has 0 N–H and O–H groups in total. The quantitative estimate of drug-likeness (QED) is 0.677. The molecule has 1 aromatic carbocycles. The van der Waals surface area contributed by atoms with E-state index < -0.39 is 16.0 Å². The fourth-order valence-electron chi connectivity index (χ4n) is 2.07. The number of benzene rings is 1. The van der Waals surface area contributed by atoms with E-state index in [1.165, 1.54) is 0 Å². The van der Waals surface area contributed by atoms with Gasteiger partial charge in [-0.2, -0.15) is 4.98 Å². The number of rotatable bonds is 6. The first-order valence-corrected chi connectivity index (χ1v) is 9.04. The van der Waals surface area contributed by atoms with E-state index in [9.17, 15) is 4.21 Å². The number of aromatic nitrogens is 4. The van der Waals surface area contributed by atoms with Gasteiger partial charge in [0.2, 0.25) is 23.5 Å². The van der Waals surface area contributed by atoms with Crippen molar-refractivity contribution in [2.45, 2.75) is 38.2 Å². The standard InChI is InChI=1S/C16H18N4O3S/c1-4-13-18-19-16(22-13)11(3)24(21)9-14-17-15(20-23-14)12-7-5-10(2)6-8-12/h5-8,11H,4,9H2,1-3H3/t11-,24+/m0/s1. The van der Waals surface area contributed by atoms with E-state index in [0.717, 1.165) is 11.1 Å². The summed E-state index contributed by atoms with van der Waals surface area (Å²) in [4.78, 5) is 4.31. The zero-order chi connectivity index (χ0) is 17.1. The number of hydrogen-bond donors (Lipinski definition) is 0. The molecule has 0 radical (unpaired) electrons. The molecule has 2 atom stereocenters. The Kier molecular flexibility index (Phi) is 4.84. The molecular formula is C16H18N4O3S. The molecule has 2 heterocycles. The van der Waals surface area contributed by atoms with Crippen molar-refractivity contribution in [2.24, 2.45) is 0 Å².